The number of nitrogens with zero attached hydrogens (tertiary/aromatic N) is 4. The van der Waals surface area contributed by atoms with Gasteiger partial charge in [-0.05, 0) is 63.0 Å². The molecule has 2 saturated heterocycles. The summed E-state index contributed by atoms with van der Waals surface area (Å²) in [5, 5.41) is 0. The first-order chi connectivity index (χ1) is 14.5. The smallest absolute Gasteiger partial charge is 0.255 e. The SMILES string of the molecule is Cc1ccc(C(=O)N2CCC3(CC2)CC(C(=O)N2CCN(C4CCC4)CC2)C3)cn1. The van der Waals surface area contributed by atoms with Crippen molar-refractivity contribution in [2.24, 2.45) is 11.3 Å². The molecule has 6 nitrogen and oxygen atoms in total. The standard InChI is InChI=1S/C24H34N4O2/c1-18-5-6-19(17-25-18)22(29)27-9-7-24(8-10-27)15-20(16-24)23(30)28-13-11-26(12-14-28)21-3-2-4-21/h5-6,17,20-21H,2-4,7-16H2,1H3. The van der Waals surface area contributed by atoms with E-state index in [0.717, 1.165) is 76.7 Å². The number of carbonyl (C=O) groups is 2. The van der Waals surface area contributed by atoms with Crippen molar-refractivity contribution < 1.29 is 9.59 Å². The van der Waals surface area contributed by atoms with Crippen LogP contribution >= 0.6 is 0 Å². The van der Waals surface area contributed by atoms with E-state index in [1.165, 1.54) is 19.3 Å². The van der Waals surface area contributed by atoms with Crippen molar-refractivity contribution >= 4 is 11.8 Å². The number of piperazine rings is 1. The molecule has 0 unspecified atom stereocenters. The van der Waals surface area contributed by atoms with Crippen molar-refractivity contribution in [1.29, 1.82) is 0 Å². The van der Waals surface area contributed by atoms with Gasteiger partial charge in [0.05, 0.1) is 5.56 Å². The van der Waals surface area contributed by atoms with Crippen LogP contribution in [0.5, 0.6) is 0 Å². The third kappa shape index (κ3) is 3.75. The zero-order valence-electron chi connectivity index (χ0n) is 18.2. The summed E-state index contributed by atoms with van der Waals surface area (Å²) in [5.74, 6) is 0.690. The molecule has 3 heterocycles. The predicted octanol–water partition coefficient (Wildman–Crippen LogP) is 2.72. The minimum absolute atomic E-state index is 0.0913. The van der Waals surface area contributed by atoms with Gasteiger partial charge in [0.1, 0.15) is 0 Å². The number of aryl methyl sites for hydroxylation is 1. The predicted molar refractivity (Wildman–Crippen MR) is 115 cm³/mol. The Hall–Kier alpha value is -1.95. The number of aromatic nitrogens is 1. The maximum atomic E-state index is 13.0. The normalized spacial score (nSPS) is 25.1. The highest BCUT2D eigenvalue weighted by atomic mass is 16.2. The maximum Gasteiger partial charge on any atom is 0.255 e. The molecule has 6 heteroatoms. The van der Waals surface area contributed by atoms with Crippen LogP contribution in [-0.4, -0.2) is 76.8 Å². The van der Waals surface area contributed by atoms with Gasteiger partial charge in [-0.15, -0.1) is 0 Å². The number of pyridine rings is 1. The molecular weight excluding hydrogens is 376 g/mol. The van der Waals surface area contributed by atoms with Gasteiger partial charge in [0, 0.05) is 63.1 Å². The quantitative estimate of drug-likeness (QED) is 0.769. The van der Waals surface area contributed by atoms with Crippen LogP contribution in [0.4, 0.5) is 0 Å². The van der Waals surface area contributed by atoms with E-state index in [-0.39, 0.29) is 17.2 Å². The highest BCUT2D eigenvalue weighted by Crippen LogP contribution is 2.53. The molecule has 2 aliphatic heterocycles. The van der Waals surface area contributed by atoms with Gasteiger partial charge in [0.2, 0.25) is 5.91 Å². The minimum Gasteiger partial charge on any atom is -0.340 e. The Balaban J connectivity index is 1.08. The number of amides is 2. The van der Waals surface area contributed by atoms with Gasteiger partial charge in [-0.2, -0.15) is 0 Å². The zero-order chi connectivity index (χ0) is 20.7. The largest absolute Gasteiger partial charge is 0.340 e. The molecule has 2 aliphatic carbocycles. The molecule has 2 saturated carbocycles. The first kappa shape index (κ1) is 20.0. The van der Waals surface area contributed by atoms with E-state index < -0.39 is 0 Å². The molecule has 30 heavy (non-hydrogen) atoms. The van der Waals surface area contributed by atoms with E-state index in [0.29, 0.717) is 11.5 Å². The van der Waals surface area contributed by atoms with Gasteiger partial charge in [-0.3, -0.25) is 19.5 Å². The Labute approximate surface area is 179 Å². The maximum absolute atomic E-state index is 13.0. The van der Waals surface area contributed by atoms with Crippen LogP contribution in [0, 0.1) is 18.3 Å². The topological polar surface area (TPSA) is 56.8 Å². The molecule has 0 aromatic carbocycles. The summed E-state index contributed by atoms with van der Waals surface area (Å²) in [6.45, 7) is 7.46. The fourth-order valence-electron chi connectivity index (χ4n) is 5.85. The molecule has 0 radical (unpaired) electrons. The van der Waals surface area contributed by atoms with Crippen molar-refractivity contribution in [3.05, 3.63) is 29.6 Å². The van der Waals surface area contributed by atoms with E-state index in [2.05, 4.69) is 14.8 Å². The lowest BCUT2D eigenvalue weighted by Gasteiger charge is -2.53. The molecule has 0 N–H and O–H groups in total. The number of hydrogen-bond acceptors (Lipinski definition) is 4. The number of piperidine rings is 1. The highest BCUT2D eigenvalue weighted by Gasteiger charge is 2.50. The summed E-state index contributed by atoms with van der Waals surface area (Å²) >= 11 is 0. The summed E-state index contributed by atoms with van der Waals surface area (Å²) < 4.78 is 0. The van der Waals surface area contributed by atoms with Crippen LogP contribution < -0.4 is 0 Å². The summed E-state index contributed by atoms with van der Waals surface area (Å²) in [5.41, 5.74) is 1.90. The Kier molecular flexibility index (Phi) is 5.30. The highest BCUT2D eigenvalue weighted by molar-refractivity contribution is 5.94. The number of likely N-dealkylation sites (tertiary alicyclic amines) is 1. The number of carbonyl (C=O) groups excluding carboxylic acids is 2. The van der Waals surface area contributed by atoms with Crippen LogP contribution in [0.25, 0.3) is 0 Å². The lowest BCUT2D eigenvalue weighted by molar-refractivity contribution is -0.148. The van der Waals surface area contributed by atoms with Crippen molar-refractivity contribution in [3.8, 4) is 0 Å². The van der Waals surface area contributed by atoms with Crippen LogP contribution in [-0.2, 0) is 4.79 Å². The molecule has 0 atom stereocenters. The number of hydrogen-bond donors (Lipinski definition) is 0. The van der Waals surface area contributed by atoms with Crippen molar-refractivity contribution in [2.45, 2.75) is 57.9 Å². The molecule has 1 aromatic heterocycles. The fourth-order valence-corrected chi connectivity index (χ4v) is 5.85. The first-order valence-electron chi connectivity index (χ1n) is 11.8. The van der Waals surface area contributed by atoms with E-state index in [4.69, 9.17) is 0 Å². The van der Waals surface area contributed by atoms with E-state index in [1.54, 1.807) is 6.20 Å². The molecule has 162 valence electrons. The van der Waals surface area contributed by atoms with Gasteiger partial charge < -0.3 is 9.80 Å². The first-order valence-corrected chi connectivity index (χ1v) is 11.8. The lowest BCUT2D eigenvalue weighted by Crippen LogP contribution is -2.57. The molecular formula is C24H34N4O2. The van der Waals surface area contributed by atoms with Crippen molar-refractivity contribution in [1.82, 2.24) is 19.7 Å². The van der Waals surface area contributed by atoms with Gasteiger partial charge in [-0.1, -0.05) is 6.42 Å². The van der Waals surface area contributed by atoms with E-state index in [9.17, 15) is 9.59 Å². The van der Waals surface area contributed by atoms with Crippen LogP contribution in [0.2, 0.25) is 0 Å². The van der Waals surface area contributed by atoms with Crippen molar-refractivity contribution in [2.75, 3.05) is 39.3 Å². The average Bonchev–Trinajstić information content (AvgIpc) is 2.71. The summed E-state index contributed by atoms with van der Waals surface area (Å²) in [6.07, 6.45) is 9.84. The third-order valence-electron chi connectivity index (χ3n) is 8.19. The molecule has 1 spiro atoms. The Morgan fingerprint density at radius 2 is 1.67 bits per heavy atom. The van der Waals surface area contributed by atoms with Crippen LogP contribution in [0.15, 0.2) is 18.3 Å². The molecule has 5 rings (SSSR count). The molecule has 4 fully saturated rings. The van der Waals surface area contributed by atoms with Gasteiger partial charge in [-0.25, -0.2) is 0 Å². The molecule has 2 amide bonds. The van der Waals surface area contributed by atoms with Crippen LogP contribution in [0.3, 0.4) is 0 Å². The van der Waals surface area contributed by atoms with Gasteiger partial charge in [0.25, 0.3) is 5.91 Å². The summed E-state index contributed by atoms with van der Waals surface area (Å²) in [4.78, 5) is 36.6. The second kappa shape index (κ2) is 7.95. The monoisotopic (exact) mass is 410 g/mol. The Morgan fingerprint density at radius 3 is 2.23 bits per heavy atom. The minimum atomic E-state index is 0.0913. The summed E-state index contributed by atoms with van der Waals surface area (Å²) in [6, 6.07) is 4.56. The summed E-state index contributed by atoms with van der Waals surface area (Å²) in [7, 11) is 0. The number of rotatable bonds is 3. The van der Waals surface area contributed by atoms with Crippen LogP contribution in [0.1, 0.15) is 61.0 Å². The lowest BCUT2D eigenvalue weighted by atomic mass is 9.57. The molecule has 0 bridgehead atoms. The van der Waals surface area contributed by atoms with E-state index in [1.807, 2.05) is 24.0 Å². The van der Waals surface area contributed by atoms with Crippen molar-refractivity contribution in [3.63, 3.8) is 0 Å². The Morgan fingerprint density at radius 1 is 0.967 bits per heavy atom. The second-order valence-corrected chi connectivity index (χ2v) is 10.0. The average molecular weight is 411 g/mol. The van der Waals surface area contributed by atoms with Gasteiger partial charge >= 0.3 is 0 Å². The van der Waals surface area contributed by atoms with Gasteiger partial charge in [0.15, 0.2) is 0 Å². The fraction of sp³-hybridized carbons (Fsp3) is 0.708. The molecule has 1 aromatic rings. The third-order valence-corrected chi connectivity index (χ3v) is 8.19. The second-order valence-electron chi connectivity index (χ2n) is 10.0. The zero-order valence-corrected chi connectivity index (χ0v) is 18.2. The molecule has 4 aliphatic rings. The van der Waals surface area contributed by atoms with E-state index >= 15 is 0 Å². The Bertz CT molecular complexity index is 780.